The van der Waals surface area contributed by atoms with Crippen LogP contribution in [0.4, 0.5) is 5.69 Å². The first kappa shape index (κ1) is 20.4. The molecule has 2 N–H and O–H groups in total. The number of hydrazone groups is 1. The molecule has 0 bridgehead atoms. The summed E-state index contributed by atoms with van der Waals surface area (Å²) in [5, 5.41) is 13.2. The third-order valence-corrected chi connectivity index (χ3v) is 4.78. The van der Waals surface area contributed by atoms with Gasteiger partial charge in [0, 0.05) is 10.6 Å². The number of halogens is 1. The maximum absolute atomic E-state index is 12.1. The number of hydrogen-bond acceptors (Lipinski definition) is 5. The number of amides is 1. The second kappa shape index (κ2) is 8.65. The van der Waals surface area contributed by atoms with Gasteiger partial charge in [-0.1, -0.05) is 29.8 Å². The average molecular weight is 410 g/mol. The van der Waals surface area contributed by atoms with Crippen LogP contribution in [-0.4, -0.2) is 44.4 Å². The number of anilines is 1. The number of hydrogen-bond donors (Lipinski definition) is 2. The Hall–Kier alpha value is -2.91. The van der Waals surface area contributed by atoms with Crippen molar-refractivity contribution in [1.29, 1.82) is 0 Å². The second-order valence-electron chi connectivity index (χ2n) is 5.43. The van der Waals surface area contributed by atoms with E-state index in [1.807, 2.05) is 0 Å². The van der Waals surface area contributed by atoms with E-state index in [2.05, 4.69) is 10.5 Å². The first-order valence-corrected chi connectivity index (χ1v) is 9.78. The lowest BCUT2D eigenvalue weighted by Gasteiger charge is -2.21. The van der Waals surface area contributed by atoms with E-state index in [0.717, 1.165) is 10.6 Å². The molecule has 0 fully saturated rings. The van der Waals surface area contributed by atoms with Gasteiger partial charge in [-0.15, -0.1) is 0 Å². The average Bonchev–Trinajstić information content (AvgIpc) is 2.60. The predicted molar refractivity (Wildman–Crippen MR) is 103 cm³/mol. The van der Waals surface area contributed by atoms with Crippen molar-refractivity contribution in [3.63, 3.8) is 0 Å². The molecule has 0 heterocycles. The van der Waals surface area contributed by atoms with E-state index in [1.165, 1.54) is 42.6 Å². The number of nitrogens with zero attached hydrogens (tertiary/aromatic N) is 2. The lowest BCUT2D eigenvalue weighted by Crippen LogP contribution is -2.39. The van der Waals surface area contributed by atoms with Crippen LogP contribution in [0.15, 0.2) is 53.6 Å². The largest absolute Gasteiger partial charge is 0.478 e. The molecule has 0 aliphatic rings. The van der Waals surface area contributed by atoms with Gasteiger partial charge in [0.15, 0.2) is 0 Å². The molecule has 8 nitrogen and oxygen atoms in total. The Labute approximate surface area is 161 Å². The molecule has 0 unspecified atom stereocenters. The topological polar surface area (TPSA) is 116 Å². The summed E-state index contributed by atoms with van der Waals surface area (Å²) in [4.78, 5) is 23.2. The van der Waals surface area contributed by atoms with Crippen molar-refractivity contribution in [2.24, 2.45) is 5.10 Å². The van der Waals surface area contributed by atoms with E-state index in [1.54, 1.807) is 12.1 Å². The molecule has 0 radical (unpaired) electrons. The first-order chi connectivity index (χ1) is 12.7. The number of carbonyl (C=O) groups excluding carboxylic acids is 1. The summed E-state index contributed by atoms with van der Waals surface area (Å²) in [7, 11) is -3.72. The Bertz CT molecular complexity index is 974. The zero-order valence-corrected chi connectivity index (χ0v) is 15.7. The van der Waals surface area contributed by atoms with Gasteiger partial charge in [0.1, 0.15) is 6.54 Å². The summed E-state index contributed by atoms with van der Waals surface area (Å²) in [5.41, 5.74) is 2.78. The molecule has 0 atom stereocenters. The minimum Gasteiger partial charge on any atom is -0.478 e. The zero-order valence-electron chi connectivity index (χ0n) is 14.2. The summed E-state index contributed by atoms with van der Waals surface area (Å²) in [5.74, 6) is -1.83. The highest BCUT2D eigenvalue weighted by atomic mass is 35.5. The van der Waals surface area contributed by atoms with E-state index in [0.29, 0.717) is 10.6 Å². The standard InChI is InChI=1S/C17H16ClN3O5S/c1-27(25,26)21(14-8-6-13(18)7-9-14)11-16(22)20-19-10-12-4-2-3-5-15(12)17(23)24/h2-10H,11H2,1H3,(H,20,22)(H,23,24)/b19-10-. The van der Waals surface area contributed by atoms with Gasteiger partial charge in [0.25, 0.3) is 5.91 Å². The quantitative estimate of drug-likeness (QED) is 0.535. The number of nitrogens with one attached hydrogen (secondary N) is 1. The van der Waals surface area contributed by atoms with Crippen LogP contribution in [0.25, 0.3) is 0 Å². The number of sulfonamides is 1. The molecular formula is C17H16ClN3O5S. The maximum atomic E-state index is 12.1. The Morgan fingerprint density at radius 2 is 1.81 bits per heavy atom. The lowest BCUT2D eigenvalue weighted by molar-refractivity contribution is -0.119. The maximum Gasteiger partial charge on any atom is 0.336 e. The van der Waals surface area contributed by atoms with Gasteiger partial charge in [-0.25, -0.2) is 18.6 Å². The molecule has 0 aromatic heterocycles. The number of benzene rings is 2. The van der Waals surface area contributed by atoms with Crippen LogP contribution in [-0.2, 0) is 14.8 Å². The van der Waals surface area contributed by atoms with Gasteiger partial charge < -0.3 is 5.11 Å². The van der Waals surface area contributed by atoms with Crippen LogP contribution in [0.2, 0.25) is 5.02 Å². The number of rotatable bonds is 7. The van der Waals surface area contributed by atoms with E-state index >= 15 is 0 Å². The van der Waals surface area contributed by atoms with E-state index in [-0.39, 0.29) is 11.3 Å². The molecule has 0 aliphatic heterocycles. The normalized spacial score (nSPS) is 11.3. The van der Waals surface area contributed by atoms with Crippen molar-refractivity contribution >= 4 is 45.4 Å². The smallest absolute Gasteiger partial charge is 0.336 e. The number of carbonyl (C=O) groups is 2. The fraction of sp³-hybridized carbons (Fsp3) is 0.118. The summed E-state index contributed by atoms with van der Waals surface area (Å²) in [6.07, 6.45) is 2.15. The van der Waals surface area contributed by atoms with Crippen molar-refractivity contribution in [2.45, 2.75) is 0 Å². The van der Waals surface area contributed by atoms with Gasteiger partial charge in [-0.05, 0) is 30.3 Å². The summed E-state index contributed by atoms with van der Waals surface area (Å²) >= 11 is 5.79. The van der Waals surface area contributed by atoms with Crippen molar-refractivity contribution in [2.75, 3.05) is 17.1 Å². The molecule has 0 saturated carbocycles. The van der Waals surface area contributed by atoms with E-state index in [4.69, 9.17) is 16.7 Å². The fourth-order valence-electron chi connectivity index (χ4n) is 2.15. The minimum absolute atomic E-state index is 0.0226. The Kier molecular flexibility index (Phi) is 6.54. The van der Waals surface area contributed by atoms with Crippen LogP contribution in [0.1, 0.15) is 15.9 Å². The third kappa shape index (κ3) is 5.80. The molecule has 0 spiro atoms. The summed E-state index contributed by atoms with van der Waals surface area (Å²) < 4.78 is 24.9. The van der Waals surface area contributed by atoms with Crippen molar-refractivity contribution in [3.8, 4) is 0 Å². The predicted octanol–water partition coefficient (Wildman–Crippen LogP) is 1.95. The van der Waals surface area contributed by atoms with Crippen molar-refractivity contribution in [3.05, 3.63) is 64.7 Å². The highest BCUT2D eigenvalue weighted by Crippen LogP contribution is 2.20. The number of carboxylic acids is 1. The molecule has 2 rings (SSSR count). The van der Waals surface area contributed by atoms with Crippen molar-refractivity contribution < 1.29 is 23.1 Å². The number of carboxylic acid groups (broad SMARTS) is 1. The minimum atomic E-state index is -3.72. The fourth-order valence-corrected chi connectivity index (χ4v) is 3.13. The SMILES string of the molecule is CS(=O)(=O)N(CC(=O)N/N=C\c1ccccc1C(=O)O)c1ccc(Cl)cc1. The molecule has 0 saturated heterocycles. The van der Waals surface area contributed by atoms with Gasteiger partial charge in [0.2, 0.25) is 10.0 Å². The lowest BCUT2D eigenvalue weighted by atomic mass is 10.1. The Balaban J connectivity index is 2.11. The Morgan fingerprint density at radius 3 is 2.41 bits per heavy atom. The molecule has 27 heavy (non-hydrogen) atoms. The van der Waals surface area contributed by atoms with E-state index < -0.39 is 28.4 Å². The van der Waals surface area contributed by atoms with Gasteiger partial charge >= 0.3 is 5.97 Å². The highest BCUT2D eigenvalue weighted by Gasteiger charge is 2.20. The van der Waals surface area contributed by atoms with Crippen LogP contribution < -0.4 is 9.73 Å². The van der Waals surface area contributed by atoms with Crippen molar-refractivity contribution in [1.82, 2.24) is 5.43 Å². The zero-order chi connectivity index (χ0) is 20.0. The molecule has 10 heteroatoms. The molecule has 142 valence electrons. The van der Waals surface area contributed by atoms with Gasteiger partial charge in [-0.3, -0.25) is 9.10 Å². The van der Waals surface area contributed by atoms with Crippen LogP contribution in [0.5, 0.6) is 0 Å². The number of aromatic carboxylic acids is 1. The second-order valence-corrected chi connectivity index (χ2v) is 7.77. The van der Waals surface area contributed by atoms with Gasteiger partial charge in [0.05, 0.1) is 23.7 Å². The summed E-state index contributed by atoms with van der Waals surface area (Å²) in [6, 6.07) is 12.1. The Morgan fingerprint density at radius 1 is 1.19 bits per heavy atom. The summed E-state index contributed by atoms with van der Waals surface area (Å²) in [6.45, 7) is -0.502. The first-order valence-electron chi connectivity index (χ1n) is 7.56. The van der Waals surface area contributed by atoms with Crippen LogP contribution in [0, 0.1) is 0 Å². The molecule has 1 amide bonds. The van der Waals surface area contributed by atoms with Crippen LogP contribution in [0.3, 0.4) is 0 Å². The monoisotopic (exact) mass is 409 g/mol. The molecule has 2 aromatic carbocycles. The molecular weight excluding hydrogens is 394 g/mol. The highest BCUT2D eigenvalue weighted by molar-refractivity contribution is 7.92. The molecule has 0 aliphatic carbocycles. The van der Waals surface area contributed by atoms with Crippen LogP contribution >= 0.6 is 11.6 Å². The van der Waals surface area contributed by atoms with Gasteiger partial charge in [-0.2, -0.15) is 5.10 Å². The van der Waals surface area contributed by atoms with E-state index in [9.17, 15) is 18.0 Å². The molecule has 2 aromatic rings. The third-order valence-electron chi connectivity index (χ3n) is 3.39.